The highest BCUT2D eigenvalue weighted by molar-refractivity contribution is 5.85. The third-order valence-electron chi connectivity index (χ3n) is 6.06. The SMILES string of the molecule is CCc1cc(=O)oc2nc(ON=C3CCC(CC(=O)OC4CCCC4)CC3)[nH]c(=O)c12. The van der Waals surface area contributed by atoms with Crippen molar-refractivity contribution in [2.45, 2.75) is 77.2 Å². The van der Waals surface area contributed by atoms with E-state index in [1.54, 1.807) is 0 Å². The zero-order valence-electron chi connectivity index (χ0n) is 17.6. The van der Waals surface area contributed by atoms with Gasteiger partial charge < -0.3 is 14.0 Å². The van der Waals surface area contributed by atoms with Gasteiger partial charge in [0.2, 0.25) is 5.71 Å². The molecular formula is C22H27N3O6. The van der Waals surface area contributed by atoms with Gasteiger partial charge in [-0.2, -0.15) is 4.98 Å². The van der Waals surface area contributed by atoms with E-state index in [2.05, 4.69) is 15.1 Å². The number of aromatic nitrogens is 2. The fourth-order valence-electron chi connectivity index (χ4n) is 4.34. The number of nitrogens with zero attached hydrogens (tertiary/aromatic N) is 2. The van der Waals surface area contributed by atoms with Gasteiger partial charge in [-0.15, -0.1) is 0 Å². The second kappa shape index (κ2) is 9.45. The number of ether oxygens (including phenoxy) is 1. The number of oxime groups is 1. The van der Waals surface area contributed by atoms with Crippen LogP contribution >= 0.6 is 0 Å². The smallest absolute Gasteiger partial charge is 0.337 e. The largest absolute Gasteiger partial charge is 0.462 e. The maximum absolute atomic E-state index is 12.4. The highest BCUT2D eigenvalue weighted by Gasteiger charge is 2.24. The molecule has 31 heavy (non-hydrogen) atoms. The molecule has 2 aliphatic rings. The van der Waals surface area contributed by atoms with E-state index in [-0.39, 0.29) is 35.1 Å². The molecular weight excluding hydrogens is 402 g/mol. The molecule has 0 spiro atoms. The average molecular weight is 429 g/mol. The maximum Gasteiger partial charge on any atom is 0.337 e. The molecule has 0 radical (unpaired) electrons. The third-order valence-corrected chi connectivity index (χ3v) is 6.06. The first-order valence-electron chi connectivity index (χ1n) is 11.0. The van der Waals surface area contributed by atoms with E-state index in [0.717, 1.165) is 44.2 Å². The Kier molecular flexibility index (Phi) is 6.48. The Morgan fingerprint density at radius 2 is 1.97 bits per heavy atom. The lowest BCUT2D eigenvalue weighted by atomic mass is 9.86. The van der Waals surface area contributed by atoms with Crippen LogP contribution in [-0.4, -0.2) is 27.8 Å². The number of aryl methyl sites for hydroxylation is 1. The Bertz CT molecular complexity index is 1090. The number of carbonyl (C=O) groups is 1. The number of hydrogen-bond acceptors (Lipinski definition) is 8. The number of rotatable bonds is 6. The highest BCUT2D eigenvalue weighted by Crippen LogP contribution is 2.27. The number of esters is 1. The lowest BCUT2D eigenvalue weighted by molar-refractivity contribution is -0.150. The van der Waals surface area contributed by atoms with Crippen LogP contribution in [0.4, 0.5) is 0 Å². The fraction of sp³-hybridized carbons (Fsp3) is 0.591. The van der Waals surface area contributed by atoms with Gasteiger partial charge in [-0.3, -0.25) is 14.6 Å². The van der Waals surface area contributed by atoms with Crippen LogP contribution < -0.4 is 16.0 Å². The molecule has 0 unspecified atom stereocenters. The second-order valence-corrected chi connectivity index (χ2v) is 8.29. The first-order chi connectivity index (χ1) is 15.0. The first kappa shape index (κ1) is 21.3. The van der Waals surface area contributed by atoms with Crippen molar-refractivity contribution < 1.29 is 18.8 Å². The van der Waals surface area contributed by atoms with Crippen molar-refractivity contribution in [2.75, 3.05) is 0 Å². The maximum atomic E-state index is 12.4. The Hall–Kier alpha value is -2.97. The summed E-state index contributed by atoms with van der Waals surface area (Å²) in [6.45, 7) is 1.84. The molecule has 2 heterocycles. The summed E-state index contributed by atoms with van der Waals surface area (Å²) in [5.74, 6) is 0.188. The van der Waals surface area contributed by atoms with Gasteiger partial charge in [0.1, 0.15) is 11.5 Å². The molecule has 0 bridgehead atoms. The molecule has 0 atom stereocenters. The van der Waals surface area contributed by atoms with Gasteiger partial charge in [-0.25, -0.2) is 4.79 Å². The zero-order chi connectivity index (χ0) is 21.8. The molecule has 166 valence electrons. The topological polar surface area (TPSA) is 124 Å². The van der Waals surface area contributed by atoms with Gasteiger partial charge in [0, 0.05) is 12.5 Å². The quantitative estimate of drug-likeness (QED) is 0.552. The van der Waals surface area contributed by atoms with Gasteiger partial charge in [-0.05, 0) is 69.3 Å². The van der Waals surface area contributed by atoms with Crippen molar-refractivity contribution in [3.05, 3.63) is 32.4 Å². The molecule has 1 N–H and O–H groups in total. The molecule has 4 rings (SSSR count). The summed E-state index contributed by atoms with van der Waals surface area (Å²) in [4.78, 5) is 48.1. The van der Waals surface area contributed by atoms with E-state index in [9.17, 15) is 14.4 Å². The van der Waals surface area contributed by atoms with E-state index in [4.69, 9.17) is 14.0 Å². The minimum absolute atomic E-state index is 0.0622. The molecule has 9 heteroatoms. The van der Waals surface area contributed by atoms with Crippen molar-refractivity contribution in [1.82, 2.24) is 9.97 Å². The number of fused-ring (bicyclic) bond motifs is 1. The summed E-state index contributed by atoms with van der Waals surface area (Å²) < 4.78 is 10.6. The molecule has 0 saturated heterocycles. The average Bonchev–Trinajstić information content (AvgIpc) is 3.25. The van der Waals surface area contributed by atoms with Gasteiger partial charge in [0.05, 0.1) is 5.71 Å². The first-order valence-corrected chi connectivity index (χ1v) is 11.0. The predicted octanol–water partition coefficient (Wildman–Crippen LogP) is 3.24. The van der Waals surface area contributed by atoms with Crippen LogP contribution in [0, 0.1) is 5.92 Å². The number of carbonyl (C=O) groups excluding carboxylic acids is 1. The van der Waals surface area contributed by atoms with Gasteiger partial charge in [0.15, 0.2) is 0 Å². The van der Waals surface area contributed by atoms with Crippen LogP contribution in [0.2, 0.25) is 0 Å². The second-order valence-electron chi connectivity index (χ2n) is 8.29. The summed E-state index contributed by atoms with van der Waals surface area (Å²) in [5, 5.41) is 4.35. The highest BCUT2D eigenvalue weighted by atomic mass is 16.6. The normalized spacial score (nSPS) is 19.5. The Morgan fingerprint density at radius 3 is 2.68 bits per heavy atom. The van der Waals surface area contributed by atoms with Crippen LogP contribution in [0.1, 0.15) is 70.3 Å². The van der Waals surface area contributed by atoms with Crippen molar-refractivity contribution in [3.63, 3.8) is 0 Å². The summed E-state index contributed by atoms with van der Waals surface area (Å²) in [7, 11) is 0. The van der Waals surface area contributed by atoms with E-state index in [0.29, 0.717) is 31.2 Å². The molecule has 9 nitrogen and oxygen atoms in total. The zero-order valence-corrected chi connectivity index (χ0v) is 17.6. The molecule has 0 aromatic carbocycles. The van der Waals surface area contributed by atoms with Crippen molar-refractivity contribution in [1.29, 1.82) is 0 Å². The van der Waals surface area contributed by atoms with Crippen molar-refractivity contribution in [3.8, 4) is 6.01 Å². The van der Waals surface area contributed by atoms with E-state index >= 15 is 0 Å². The molecule has 2 aliphatic carbocycles. The molecule has 0 aliphatic heterocycles. The molecule has 2 aromatic rings. The lowest BCUT2D eigenvalue weighted by Crippen LogP contribution is -2.21. The minimum Gasteiger partial charge on any atom is -0.462 e. The summed E-state index contributed by atoms with van der Waals surface area (Å²) >= 11 is 0. The Labute approximate surface area is 178 Å². The minimum atomic E-state index is -0.565. The third kappa shape index (κ3) is 5.21. The van der Waals surface area contributed by atoms with Crippen LogP contribution in [0.3, 0.4) is 0 Å². The van der Waals surface area contributed by atoms with Crippen LogP contribution in [0.15, 0.2) is 25.2 Å². The van der Waals surface area contributed by atoms with Gasteiger partial charge in [0.25, 0.3) is 5.56 Å². The summed E-state index contributed by atoms with van der Waals surface area (Å²) in [6.07, 6.45) is 8.38. The number of nitrogens with one attached hydrogen (secondary N) is 1. The molecule has 2 saturated carbocycles. The standard InChI is InChI=1S/C22H27N3O6/c1-2-14-12-18(27)30-21-19(14)20(28)23-22(24-21)31-25-15-9-7-13(8-10-15)11-17(26)29-16-5-3-4-6-16/h12-13,16H,2-11H2,1H3,(H,23,24,28). The van der Waals surface area contributed by atoms with E-state index in [1.165, 1.54) is 6.07 Å². The van der Waals surface area contributed by atoms with Crippen molar-refractivity contribution >= 4 is 22.8 Å². The summed E-state index contributed by atoms with van der Waals surface area (Å²) in [6, 6.07) is 1.17. The number of H-pyrrole nitrogens is 1. The fourth-order valence-corrected chi connectivity index (χ4v) is 4.34. The Morgan fingerprint density at radius 1 is 1.23 bits per heavy atom. The molecule has 2 fully saturated rings. The lowest BCUT2D eigenvalue weighted by Gasteiger charge is -2.22. The molecule has 0 amide bonds. The predicted molar refractivity (Wildman–Crippen MR) is 113 cm³/mol. The Balaban J connectivity index is 1.34. The summed E-state index contributed by atoms with van der Waals surface area (Å²) in [5.41, 5.74) is 0.345. The van der Waals surface area contributed by atoms with Crippen molar-refractivity contribution in [2.24, 2.45) is 11.1 Å². The number of hydrogen-bond donors (Lipinski definition) is 1. The van der Waals surface area contributed by atoms with Crippen LogP contribution in [0.25, 0.3) is 11.1 Å². The monoisotopic (exact) mass is 429 g/mol. The van der Waals surface area contributed by atoms with Gasteiger partial charge >= 0.3 is 17.6 Å². The number of aromatic amines is 1. The molecule has 2 aromatic heterocycles. The van der Waals surface area contributed by atoms with Crippen LogP contribution in [0.5, 0.6) is 6.01 Å². The van der Waals surface area contributed by atoms with Gasteiger partial charge in [-0.1, -0.05) is 12.1 Å². The van der Waals surface area contributed by atoms with Crippen LogP contribution in [-0.2, 0) is 16.0 Å². The van der Waals surface area contributed by atoms with E-state index < -0.39 is 11.2 Å². The van der Waals surface area contributed by atoms with E-state index in [1.807, 2.05) is 6.92 Å².